The summed E-state index contributed by atoms with van der Waals surface area (Å²) >= 11 is 4.50. The zero-order chi connectivity index (χ0) is 12.4. The molecule has 0 heterocycles. The number of rotatable bonds is 2. The maximum Gasteiger partial charge on any atom is 0.0485 e. The van der Waals surface area contributed by atoms with Crippen LogP contribution in [0, 0.1) is 7.14 Å². The van der Waals surface area contributed by atoms with Gasteiger partial charge in [0.05, 0.1) is 0 Å². The number of hydrogen-bond acceptors (Lipinski definition) is 2. The first-order valence-electron chi connectivity index (χ1n) is 5.15. The smallest absolute Gasteiger partial charge is 0.0485 e. The predicted octanol–water partition coefficient (Wildman–Crippen LogP) is 3.65. The largest absolute Gasteiger partial charge is 0.398 e. The van der Waals surface area contributed by atoms with Crippen LogP contribution in [0.5, 0.6) is 0 Å². The van der Waals surface area contributed by atoms with Crippen molar-refractivity contribution in [2.75, 3.05) is 11.5 Å². The molecule has 0 bridgehead atoms. The zero-order valence-electron chi connectivity index (χ0n) is 9.08. The van der Waals surface area contributed by atoms with E-state index in [2.05, 4.69) is 57.3 Å². The summed E-state index contributed by atoms with van der Waals surface area (Å²) in [6.45, 7) is 0. The van der Waals surface area contributed by atoms with Crippen LogP contribution in [0.3, 0.4) is 0 Å². The third kappa shape index (κ3) is 2.85. The summed E-state index contributed by atoms with van der Waals surface area (Å²) in [5.41, 5.74) is 16.1. The number of hydrogen-bond donors (Lipinski definition) is 2. The topological polar surface area (TPSA) is 52.0 Å². The van der Waals surface area contributed by atoms with Crippen molar-refractivity contribution in [3.05, 3.63) is 54.7 Å². The summed E-state index contributed by atoms with van der Waals surface area (Å²) in [6.07, 6.45) is 0.783. The molecule has 0 fully saturated rings. The van der Waals surface area contributed by atoms with Gasteiger partial charge in [-0.1, -0.05) is 24.3 Å². The predicted molar refractivity (Wildman–Crippen MR) is 89.9 cm³/mol. The van der Waals surface area contributed by atoms with Gasteiger partial charge in [-0.2, -0.15) is 0 Å². The molecule has 88 valence electrons. The number of anilines is 2. The summed E-state index contributed by atoms with van der Waals surface area (Å²) < 4.78 is 2.17. The Kier molecular flexibility index (Phi) is 4.13. The Balaban J connectivity index is 2.38. The lowest BCUT2D eigenvalue weighted by Gasteiger charge is -2.10. The summed E-state index contributed by atoms with van der Waals surface area (Å²) in [5.74, 6) is 0. The Morgan fingerprint density at radius 2 is 1.18 bits per heavy atom. The van der Waals surface area contributed by atoms with Gasteiger partial charge in [0.15, 0.2) is 0 Å². The number of para-hydroxylation sites is 2. The maximum absolute atomic E-state index is 6.07. The minimum atomic E-state index is 0.783. The minimum Gasteiger partial charge on any atom is -0.398 e. The first-order valence-corrected chi connectivity index (χ1v) is 7.31. The lowest BCUT2D eigenvalue weighted by Crippen LogP contribution is -2.01. The van der Waals surface area contributed by atoms with Gasteiger partial charge in [0, 0.05) is 24.9 Å². The van der Waals surface area contributed by atoms with Gasteiger partial charge in [-0.25, -0.2) is 0 Å². The molecule has 0 amide bonds. The van der Waals surface area contributed by atoms with Gasteiger partial charge in [0.2, 0.25) is 0 Å². The van der Waals surface area contributed by atoms with Gasteiger partial charge in [-0.05, 0) is 68.4 Å². The van der Waals surface area contributed by atoms with Crippen molar-refractivity contribution < 1.29 is 0 Å². The fourth-order valence-corrected chi connectivity index (χ4v) is 2.78. The van der Waals surface area contributed by atoms with E-state index in [9.17, 15) is 0 Å². The van der Waals surface area contributed by atoms with E-state index < -0.39 is 0 Å². The van der Waals surface area contributed by atoms with Gasteiger partial charge in [-0.15, -0.1) is 0 Å². The summed E-state index contributed by atoms with van der Waals surface area (Å²) in [4.78, 5) is 0. The zero-order valence-corrected chi connectivity index (χ0v) is 13.4. The fourth-order valence-electron chi connectivity index (χ4n) is 1.68. The van der Waals surface area contributed by atoms with E-state index in [1.54, 1.807) is 0 Å². The molecule has 2 aromatic rings. The van der Waals surface area contributed by atoms with E-state index in [0.717, 1.165) is 36.1 Å². The summed E-state index contributed by atoms with van der Waals surface area (Å²) in [5, 5.41) is 0. The molecular formula is C13H12I2N2. The molecule has 0 spiro atoms. The van der Waals surface area contributed by atoms with E-state index in [4.69, 9.17) is 11.5 Å². The lowest BCUT2D eigenvalue weighted by atomic mass is 10.0. The van der Waals surface area contributed by atoms with Crippen LogP contribution in [0.1, 0.15) is 11.1 Å². The van der Waals surface area contributed by atoms with Crippen LogP contribution in [-0.4, -0.2) is 0 Å². The van der Waals surface area contributed by atoms with E-state index in [1.165, 1.54) is 0 Å². The molecule has 0 radical (unpaired) electrons. The van der Waals surface area contributed by atoms with Gasteiger partial charge in [0.1, 0.15) is 0 Å². The van der Waals surface area contributed by atoms with E-state index in [-0.39, 0.29) is 0 Å². The molecule has 0 aliphatic carbocycles. The number of halogens is 2. The minimum absolute atomic E-state index is 0.783. The normalized spacial score (nSPS) is 10.5. The fraction of sp³-hybridized carbons (Fsp3) is 0.0769. The Bertz CT molecular complexity index is 504. The Labute approximate surface area is 128 Å². The van der Waals surface area contributed by atoms with Crippen molar-refractivity contribution in [1.29, 1.82) is 0 Å². The number of nitrogens with two attached hydrogens (primary N) is 2. The lowest BCUT2D eigenvalue weighted by molar-refractivity contribution is 1.19. The highest BCUT2D eigenvalue weighted by molar-refractivity contribution is 14.1. The van der Waals surface area contributed by atoms with Crippen molar-refractivity contribution in [2.45, 2.75) is 6.42 Å². The molecule has 0 saturated carbocycles. The summed E-state index contributed by atoms with van der Waals surface area (Å²) in [7, 11) is 0. The molecule has 17 heavy (non-hydrogen) atoms. The quantitative estimate of drug-likeness (QED) is 0.543. The van der Waals surface area contributed by atoms with Crippen LogP contribution in [0.2, 0.25) is 0 Å². The van der Waals surface area contributed by atoms with Crippen molar-refractivity contribution in [2.24, 2.45) is 0 Å². The molecular weight excluding hydrogens is 438 g/mol. The molecule has 0 unspecified atom stereocenters. The molecule has 2 rings (SSSR count). The van der Waals surface area contributed by atoms with Crippen molar-refractivity contribution in [1.82, 2.24) is 0 Å². The molecule has 2 nitrogen and oxygen atoms in total. The Morgan fingerprint density at radius 3 is 1.59 bits per heavy atom. The first-order chi connectivity index (χ1) is 8.09. The van der Waals surface area contributed by atoms with E-state index >= 15 is 0 Å². The van der Waals surface area contributed by atoms with Crippen LogP contribution in [0.25, 0.3) is 0 Å². The maximum atomic E-state index is 6.07. The molecule has 4 heteroatoms. The van der Waals surface area contributed by atoms with Crippen LogP contribution in [0.15, 0.2) is 36.4 Å². The SMILES string of the molecule is Nc1c(I)cccc1Cc1cccc(I)c1N. The van der Waals surface area contributed by atoms with Crippen molar-refractivity contribution in [3.63, 3.8) is 0 Å². The van der Waals surface area contributed by atoms with Crippen LogP contribution < -0.4 is 11.5 Å². The van der Waals surface area contributed by atoms with E-state index in [0.29, 0.717) is 0 Å². The van der Waals surface area contributed by atoms with Gasteiger partial charge < -0.3 is 11.5 Å². The second kappa shape index (κ2) is 5.43. The first kappa shape index (κ1) is 12.9. The third-order valence-electron chi connectivity index (χ3n) is 2.67. The standard InChI is InChI=1S/C13H12I2N2/c14-10-5-1-3-8(12(10)16)7-9-4-2-6-11(15)13(9)17/h1-6H,7,16-17H2. The van der Waals surface area contributed by atoms with Crippen LogP contribution in [0.4, 0.5) is 11.4 Å². The number of benzene rings is 2. The molecule has 0 atom stereocenters. The third-order valence-corrected chi connectivity index (χ3v) is 4.55. The number of nitrogen functional groups attached to an aromatic ring is 2. The van der Waals surface area contributed by atoms with Crippen LogP contribution in [-0.2, 0) is 6.42 Å². The van der Waals surface area contributed by atoms with Gasteiger partial charge >= 0.3 is 0 Å². The van der Waals surface area contributed by atoms with Crippen molar-refractivity contribution >= 4 is 56.6 Å². The van der Waals surface area contributed by atoms with Crippen molar-refractivity contribution in [3.8, 4) is 0 Å². The average Bonchev–Trinajstić information content (AvgIpc) is 2.31. The average molecular weight is 450 g/mol. The highest BCUT2D eigenvalue weighted by Crippen LogP contribution is 2.26. The monoisotopic (exact) mass is 450 g/mol. The molecule has 0 saturated heterocycles. The molecule has 4 N–H and O–H groups in total. The second-order valence-electron chi connectivity index (χ2n) is 3.80. The van der Waals surface area contributed by atoms with E-state index in [1.807, 2.05) is 24.3 Å². The summed E-state index contributed by atoms with van der Waals surface area (Å²) in [6, 6.07) is 12.2. The van der Waals surface area contributed by atoms with Crippen LogP contribution >= 0.6 is 45.2 Å². The van der Waals surface area contributed by atoms with Gasteiger partial charge in [0.25, 0.3) is 0 Å². The second-order valence-corrected chi connectivity index (χ2v) is 6.13. The molecule has 2 aromatic carbocycles. The Hall–Kier alpha value is -0.500. The molecule has 0 aliphatic heterocycles. The highest BCUT2D eigenvalue weighted by atomic mass is 127. The molecule has 0 aliphatic rings. The molecule has 0 aromatic heterocycles. The Morgan fingerprint density at radius 1 is 0.765 bits per heavy atom. The van der Waals surface area contributed by atoms with Gasteiger partial charge in [-0.3, -0.25) is 0 Å². The highest BCUT2D eigenvalue weighted by Gasteiger charge is 2.07.